The fourth-order valence-electron chi connectivity index (χ4n) is 3.95. The Labute approximate surface area is 240 Å². The first-order valence-electron chi connectivity index (χ1n) is 11.9. The van der Waals surface area contributed by atoms with Crippen LogP contribution in [-0.4, -0.2) is 42.4 Å². The van der Waals surface area contributed by atoms with Crippen molar-refractivity contribution in [1.82, 2.24) is 0 Å². The Balaban J connectivity index is 2.06. The van der Waals surface area contributed by atoms with Crippen LogP contribution >= 0.6 is 0 Å². The van der Waals surface area contributed by atoms with Gasteiger partial charge in [0.25, 0.3) is 11.8 Å². The number of halogens is 10. The van der Waals surface area contributed by atoms with E-state index >= 15 is 4.39 Å². The van der Waals surface area contributed by atoms with Gasteiger partial charge in [-0.1, -0.05) is 6.07 Å². The number of rotatable bonds is 8. The van der Waals surface area contributed by atoms with E-state index in [0.29, 0.717) is 0 Å². The highest BCUT2D eigenvalue weighted by molar-refractivity contribution is 6.09. The second kappa shape index (κ2) is 12.3. The predicted molar refractivity (Wildman–Crippen MR) is 132 cm³/mol. The number of nitrogens with one attached hydrogen (secondary N) is 1. The molecule has 0 fully saturated rings. The maximum atomic E-state index is 15.5. The Kier molecular flexibility index (Phi) is 9.37. The fourth-order valence-corrected chi connectivity index (χ4v) is 3.95. The van der Waals surface area contributed by atoms with Gasteiger partial charge in [0, 0.05) is 17.7 Å². The molecular formula is C27H17F10N3O4. The number of anilines is 2. The number of nitriles is 1. The molecule has 3 aromatic carbocycles. The van der Waals surface area contributed by atoms with Crippen LogP contribution in [0.3, 0.4) is 0 Å². The third-order valence-corrected chi connectivity index (χ3v) is 6.05. The number of hydrogen-bond acceptors (Lipinski definition) is 5. The zero-order valence-corrected chi connectivity index (χ0v) is 21.8. The number of aromatic hydroxyl groups is 1. The molecule has 0 radical (unpaired) electrons. The lowest BCUT2D eigenvalue weighted by molar-refractivity contribution is -0.348. The van der Waals surface area contributed by atoms with Crippen molar-refractivity contribution in [2.45, 2.75) is 31.6 Å². The van der Waals surface area contributed by atoms with Gasteiger partial charge in [-0.3, -0.25) is 9.59 Å². The normalized spacial score (nSPS) is 12.1. The van der Waals surface area contributed by atoms with Crippen LogP contribution in [0.2, 0.25) is 0 Å². The molecule has 0 bridgehead atoms. The van der Waals surface area contributed by atoms with Crippen molar-refractivity contribution in [2.24, 2.45) is 0 Å². The van der Waals surface area contributed by atoms with Crippen molar-refractivity contribution in [3.05, 3.63) is 82.7 Å². The molecule has 0 aliphatic heterocycles. The number of phenols is 1. The lowest BCUT2D eigenvalue weighted by atomic mass is 9.93. The van der Waals surface area contributed by atoms with Crippen LogP contribution in [0.25, 0.3) is 0 Å². The van der Waals surface area contributed by atoms with E-state index in [-0.39, 0.29) is 17.7 Å². The summed E-state index contributed by atoms with van der Waals surface area (Å²) >= 11 is 0. The molecule has 2 amide bonds. The Hall–Kier alpha value is -5.01. The lowest BCUT2D eigenvalue weighted by Crippen LogP contribution is -2.50. The molecule has 0 heterocycles. The monoisotopic (exact) mass is 637 g/mol. The molecule has 0 aliphatic rings. The molecule has 17 heteroatoms. The summed E-state index contributed by atoms with van der Waals surface area (Å²) in [5.74, 6) is -7.26. The zero-order chi connectivity index (χ0) is 33.2. The summed E-state index contributed by atoms with van der Waals surface area (Å²) < 4.78 is 139. The van der Waals surface area contributed by atoms with Crippen molar-refractivity contribution in [2.75, 3.05) is 16.8 Å². The largest absolute Gasteiger partial charge is 0.506 e. The molecule has 234 valence electrons. The van der Waals surface area contributed by atoms with E-state index in [1.165, 1.54) is 31.2 Å². The average Bonchev–Trinajstić information content (AvgIpc) is 2.93. The lowest BCUT2D eigenvalue weighted by Gasteiger charge is -2.31. The highest BCUT2D eigenvalue weighted by Crippen LogP contribution is 2.55. The van der Waals surface area contributed by atoms with E-state index in [2.05, 4.69) is 4.74 Å². The van der Waals surface area contributed by atoms with Gasteiger partial charge < -0.3 is 20.1 Å². The highest BCUT2D eigenvalue weighted by Gasteiger charge is 2.73. The number of carbonyl (C=O) groups is 2. The van der Waals surface area contributed by atoms with Gasteiger partial charge >= 0.3 is 24.6 Å². The van der Waals surface area contributed by atoms with Crippen molar-refractivity contribution in [3.63, 3.8) is 0 Å². The Morgan fingerprint density at radius 3 is 2.09 bits per heavy atom. The highest BCUT2D eigenvalue weighted by atomic mass is 19.4. The zero-order valence-electron chi connectivity index (χ0n) is 21.8. The molecule has 3 rings (SSSR count). The molecule has 44 heavy (non-hydrogen) atoms. The standard InChI is InChI=1S/C27H17F10N3O4/c1-2-40(23(43)14-8-6-13(12-38)7-9-14)17-5-3-4-16(20(17)28)22(42)39-21-18(41)10-15(11-19(21)44-24(29)30)25(31,26(32,33)34)27(35,36)37/h3-11,24,41H,2H2,1H3,(H,39,42). The number of alkyl halides is 9. The van der Waals surface area contributed by atoms with Gasteiger partial charge in [0.2, 0.25) is 0 Å². The summed E-state index contributed by atoms with van der Waals surface area (Å²) in [6.07, 6.45) is -13.4. The van der Waals surface area contributed by atoms with Crippen LogP contribution in [0.5, 0.6) is 11.5 Å². The van der Waals surface area contributed by atoms with Crippen molar-refractivity contribution >= 4 is 23.2 Å². The SMILES string of the molecule is CCN(C(=O)c1ccc(C#N)cc1)c1cccc(C(=O)Nc2c(O)cc(C(F)(C(F)(F)F)C(F)(F)F)cc2OC(F)F)c1F. The second-order valence-corrected chi connectivity index (χ2v) is 8.73. The van der Waals surface area contributed by atoms with E-state index in [1.54, 1.807) is 5.32 Å². The van der Waals surface area contributed by atoms with Gasteiger partial charge in [-0.2, -0.15) is 40.4 Å². The number of ether oxygens (including phenoxy) is 1. The van der Waals surface area contributed by atoms with Crippen molar-refractivity contribution in [3.8, 4) is 17.6 Å². The minimum Gasteiger partial charge on any atom is -0.506 e. The van der Waals surface area contributed by atoms with Crippen molar-refractivity contribution < 1.29 is 63.3 Å². The van der Waals surface area contributed by atoms with E-state index < -0.39 is 88.4 Å². The van der Waals surface area contributed by atoms with Crippen LogP contribution in [0, 0.1) is 17.1 Å². The Morgan fingerprint density at radius 2 is 1.59 bits per heavy atom. The molecule has 0 saturated heterocycles. The molecule has 0 spiro atoms. The first kappa shape index (κ1) is 33.5. The first-order chi connectivity index (χ1) is 20.4. The predicted octanol–water partition coefficient (Wildman–Crippen LogP) is 7.21. The van der Waals surface area contributed by atoms with Crippen LogP contribution in [0.1, 0.15) is 38.8 Å². The van der Waals surface area contributed by atoms with Crippen LogP contribution in [0.4, 0.5) is 55.3 Å². The number of nitrogens with zero attached hydrogens (tertiary/aromatic N) is 2. The third-order valence-electron chi connectivity index (χ3n) is 6.05. The minimum absolute atomic E-state index is 0.0144. The van der Waals surface area contributed by atoms with E-state index in [0.717, 1.165) is 23.1 Å². The fraction of sp³-hybridized carbons (Fsp3) is 0.222. The van der Waals surface area contributed by atoms with Crippen molar-refractivity contribution in [1.29, 1.82) is 5.26 Å². The van der Waals surface area contributed by atoms with E-state index in [1.807, 2.05) is 6.07 Å². The molecule has 7 nitrogen and oxygen atoms in total. The maximum absolute atomic E-state index is 15.5. The van der Waals surface area contributed by atoms with Gasteiger partial charge in [0.15, 0.2) is 11.6 Å². The summed E-state index contributed by atoms with van der Waals surface area (Å²) in [5.41, 5.74) is -11.1. The number of phenolic OH excluding ortho intramolecular Hbond substituents is 1. The van der Waals surface area contributed by atoms with Gasteiger partial charge in [0.05, 0.1) is 22.9 Å². The summed E-state index contributed by atoms with van der Waals surface area (Å²) in [4.78, 5) is 26.8. The Bertz CT molecular complexity index is 1590. The van der Waals surface area contributed by atoms with E-state index in [9.17, 15) is 54.2 Å². The average molecular weight is 637 g/mol. The number of hydrogen-bond donors (Lipinski definition) is 2. The number of benzene rings is 3. The van der Waals surface area contributed by atoms with E-state index in [4.69, 9.17) is 5.26 Å². The molecule has 0 saturated carbocycles. The topological polar surface area (TPSA) is 103 Å². The summed E-state index contributed by atoms with van der Waals surface area (Å²) in [5, 5.41) is 20.7. The molecule has 0 atom stereocenters. The number of amides is 2. The van der Waals surface area contributed by atoms with Gasteiger partial charge in [-0.25, -0.2) is 8.78 Å². The molecule has 3 aromatic rings. The molecule has 0 aromatic heterocycles. The summed E-state index contributed by atoms with van der Waals surface area (Å²) in [6.45, 7) is -2.69. The Morgan fingerprint density at radius 1 is 1.00 bits per heavy atom. The van der Waals surface area contributed by atoms with Crippen LogP contribution in [-0.2, 0) is 5.67 Å². The van der Waals surface area contributed by atoms with Crippen LogP contribution < -0.4 is 15.0 Å². The van der Waals surface area contributed by atoms with Gasteiger partial charge in [-0.05, 0) is 55.5 Å². The summed E-state index contributed by atoms with van der Waals surface area (Å²) in [7, 11) is 0. The maximum Gasteiger partial charge on any atom is 0.435 e. The smallest absolute Gasteiger partial charge is 0.435 e. The quantitative estimate of drug-likeness (QED) is 0.201. The molecule has 0 unspecified atom stereocenters. The summed E-state index contributed by atoms with van der Waals surface area (Å²) in [6, 6.07) is 9.11. The molecule has 2 N–H and O–H groups in total. The van der Waals surface area contributed by atoms with Crippen LogP contribution in [0.15, 0.2) is 54.6 Å². The second-order valence-electron chi connectivity index (χ2n) is 8.73. The molecule has 0 aliphatic carbocycles. The molecular weight excluding hydrogens is 620 g/mol. The number of carbonyl (C=O) groups excluding carboxylic acids is 2. The van der Waals surface area contributed by atoms with Gasteiger partial charge in [0.1, 0.15) is 11.4 Å². The third kappa shape index (κ3) is 6.33. The first-order valence-corrected chi connectivity index (χ1v) is 11.9. The van der Waals surface area contributed by atoms with Gasteiger partial charge in [-0.15, -0.1) is 0 Å². The minimum atomic E-state index is -6.69.